The van der Waals surface area contributed by atoms with E-state index in [9.17, 15) is 0 Å². The fraction of sp³-hybridized carbons (Fsp3) is 0.333. The van der Waals surface area contributed by atoms with E-state index in [1.807, 2.05) is 6.92 Å². The Bertz CT molecular complexity index is 482. The van der Waals surface area contributed by atoms with E-state index in [0.29, 0.717) is 0 Å². The highest BCUT2D eigenvalue weighted by Gasteiger charge is 2.16. The van der Waals surface area contributed by atoms with Crippen LogP contribution in [0.4, 0.5) is 0 Å². The molecule has 2 nitrogen and oxygen atoms in total. The molecule has 2 rings (SSSR count). The zero-order valence-corrected chi connectivity index (χ0v) is 11.9. The van der Waals surface area contributed by atoms with E-state index >= 15 is 0 Å². The van der Waals surface area contributed by atoms with Crippen LogP contribution in [0.15, 0.2) is 24.3 Å². The normalized spacial score (nSPS) is 11.8. The summed E-state index contributed by atoms with van der Waals surface area (Å²) in [6.07, 6.45) is 0. The van der Waals surface area contributed by atoms with Gasteiger partial charge in [0.05, 0.1) is 8.07 Å². The number of hydrogen-bond acceptors (Lipinski definition) is 3. The van der Waals surface area contributed by atoms with Crippen molar-refractivity contribution in [1.82, 2.24) is 10.2 Å². The van der Waals surface area contributed by atoms with Crippen LogP contribution in [0.25, 0.3) is 10.6 Å². The highest BCUT2D eigenvalue weighted by atomic mass is 32.1. The van der Waals surface area contributed by atoms with Crippen molar-refractivity contribution in [2.24, 2.45) is 0 Å². The van der Waals surface area contributed by atoms with Crippen molar-refractivity contribution in [2.75, 3.05) is 0 Å². The Morgan fingerprint density at radius 3 is 2.06 bits per heavy atom. The molecule has 0 radical (unpaired) electrons. The van der Waals surface area contributed by atoms with E-state index < -0.39 is 8.07 Å². The average molecular weight is 248 g/mol. The Morgan fingerprint density at radius 1 is 1.00 bits per heavy atom. The topological polar surface area (TPSA) is 25.8 Å². The van der Waals surface area contributed by atoms with Crippen LogP contribution in [0, 0.1) is 6.92 Å². The van der Waals surface area contributed by atoms with E-state index in [2.05, 4.69) is 54.1 Å². The molecule has 1 aromatic carbocycles. The highest BCUT2D eigenvalue weighted by Crippen LogP contribution is 2.22. The number of hydrogen-bond donors (Lipinski definition) is 0. The molecule has 0 spiro atoms. The number of aryl methyl sites for hydroxylation is 1. The summed E-state index contributed by atoms with van der Waals surface area (Å²) >= 11 is 1.64. The first kappa shape index (κ1) is 11.5. The second kappa shape index (κ2) is 4.11. The summed E-state index contributed by atoms with van der Waals surface area (Å²) in [5.41, 5.74) is 1.17. The fourth-order valence-electron chi connectivity index (χ4n) is 1.53. The predicted molar refractivity (Wildman–Crippen MR) is 73.1 cm³/mol. The second-order valence-corrected chi connectivity index (χ2v) is 11.2. The van der Waals surface area contributed by atoms with Gasteiger partial charge in [-0.05, 0) is 6.92 Å². The molecule has 0 saturated carbocycles. The Kier molecular flexibility index (Phi) is 2.95. The lowest BCUT2D eigenvalue weighted by Gasteiger charge is -2.16. The van der Waals surface area contributed by atoms with Crippen molar-refractivity contribution in [3.8, 4) is 10.6 Å². The highest BCUT2D eigenvalue weighted by molar-refractivity contribution is 7.14. The van der Waals surface area contributed by atoms with Gasteiger partial charge in [0.25, 0.3) is 0 Å². The third-order valence-corrected chi connectivity index (χ3v) is 5.48. The summed E-state index contributed by atoms with van der Waals surface area (Å²) in [5.74, 6) is 0. The van der Waals surface area contributed by atoms with Gasteiger partial charge in [0.15, 0.2) is 0 Å². The molecule has 0 aliphatic heterocycles. The van der Waals surface area contributed by atoms with Gasteiger partial charge in [-0.2, -0.15) is 0 Å². The third kappa shape index (κ3) is 2.39. The van der Waals surface area contributed by atoms with E-state index in [0.717, 1.165) is 10.0 Å². The maximum Gasteiger partial charge on any atom is 0.147 e. The zero-order chi connectivity index (χ0) is 11.8. The van der Waals surface area contributed by atoms with Crippen molar-refractivity contribution in [2.45, 2.75) is 26.6 Å². The Balaban J connectivity index is 2.33. The molecule has 1 heterocycles. The molecule has 0 N–H and O–H groups in total. The van der Waals surface area contributed by atoms with E-state index in [1.54, 1.807) is 11.3 Å². The summed E-state index contributed by atoms with van der Waals surface area (Å²) in [6.45, 7) is 9.06. The molecule has 1 aromatic heterocycles. The lowest BCUT2D eigenvalue weighted by molar-refractivity contribution is 1.05. The van der Waals surface area contributed by atoms with E-state index in [-0.39, 0.29) is 0 Å². The van der Waals surface area contributed by atoms with Crippen molar-refractivity contribution in [3.05, 3.63) is 29.3 Å². The van der Waals surface area contributed by atoms with Crippen molar-refractivity contribution < 1.29 is 0 Å². The molecule has 0 unspecified atom stereocenters. The minimum atomic E-state index is -1.18. The lowest BCUT2D eigenvalue weighted by atomic mass is 10.2. The first-order chi connectivity index (χ1) is 7.47. The first-order valence-corrected chi connectivity index (χ1v) is 9.69. The molecule has 0 atom stereocenters. The molecule has 0 bridgehead atoms. The maximum atomic E-state index is 4.16. The van der Waals surface area contributed by atoms with Crippen molar-refractivity contribution in [1.29, 1.82) is 0 Å². The van der Waals surface area contributed by atoms with Crippen LogP contribution < -0.4 is 5.19 Å². The van der Waals surface area contributed by atoms with Crippen LogP contribution in [0.2, 0.25) is 19.6 Å². The number of rotatable bonds is 2. The molecule has 0 fully saturated rings. The first-order valence-electron chi connectivity index (χ1n) is 5.38. The largest absolute Gasteiger partial charge is 0.147 e. The second-order valence-electron chi connectivity index (χ2n) is 4.95. The van der Waals surface area contributed by atoms with Gasteiger partial charge >= 0.3 is 0 Å². The molecular weight excluding hydrogens is 232 g/mol. The molecule has 2 aromatic rings. The Morgan fingerprint density at radius 2 is 1.62 bits per heavy atom. The molecule has 0 amide bonds. The van der Waals surface area contributed by atoms with Gasteiger partial charge in [0, 0.05) is 5.56 Å². The quantitative estimate of drug-likeness (QED) is 0.763. The standard InChI is InChI=1S/C12H16N2SSi/c1-9-13-14-12(15-9)10-5-7-11(8-6-10)16(2,3)4/h5-8H,1-4H3. The molecule has 84 valence electrons. The maximum absolute atomic E-state index is 4.16. The summed E-state index contributed by atoms with van der Waals surface area (Å²) in [4.78, 5) is 0. The van der Waals surface area contributed by atoms with Crippen LogP contribution >= 0.6 is 11.3 Å². The van der Waals surface area contributed by atoms with Gasteiger partial charge < -0.3 is 0 Å². The molecule has 16 heavy (non-hydrogen) atoms. The molecule has 0 aliphatic carbocycles. The average Bonchev–Trinajstić information content (AvgIpc) is 2.64. The van der Waals surface area contributed by atoms with Gasteiger partial charge in [0.2, 0.25) is 0 Å². The summed E-state index contributed by atoms with van der Waals surface area (Å²) < 4.78 is 0. The van der Waals surface area contributed by atoms with Gasteiger partial charge in [-0.15, -0.1) is 10.2 Å². The summed E-state index contributed by atoms with van der Waals surface area (Å²) in [6, 6.07) is 8.79. The fourth-order valence-corrected chi connectivity index (χ4v) is 3.39. The van der Waals surface area contributed by atoms with Gasteiger partial charge in [-0.25, -0.2) is 0 Å². The third-order valence-electron chi connectivity index (χ3n) is 2.52. The van der Waals surface area contributed by atoms with Crippen LogP contribution in [0.1, 0.15) is 5.01 Å². The van der Waals surface area contributed by atoms with Gasteiger partial charge in [0.1, 0.15) is 10.0 Å². The van der Waals surface area contributed by atoms with E-state index in [4.69, 9.17) is 0 Å². The SMILES string of the molecule is Cc1nnc(-c2ccc([Si](C)(C)C)cc2)s1. The van der Waals surface area contributed by atoms with Gasteiger partial charge in [-0.3, -0.25) is 0 Å². The molecule has 4 heteroatoms. The summed E-state index contributed by atoms with van der Waals surface area (Å²) in [7, 11) is -1.18. The minimum Gasteiger partial charge on any atom is -0.143 e. The molecule has 0 saturated heterocycles. The summed E-state index contributed by atoms with van der Waals surface area (Å²) in [5, 5.41) is 11.7. The van der Waals surface area contributed by atoms with Gasteiger partial charge in [-0.1, -0.05) is 60.4 Å². The smallest absolute Gasteiger partial charge is 0.143 e. The zero-order valence-electron chi connectivity index (χ0n) is 10.1. The minimum absolute atomic E-state index is 1.01. The molecule has 0 aliphatic rings. The van der Waals surface area contributed by atoms with Crippen LogP contribution in [-0.4, -0.2) is 18.3 Å². The number of benzene rings is 1. The Labute approximate surface area is 101 Å². The molecular formula is C12H16N2SSi. The van der Waals surface area contributed by atoms with E-state index in [1.165, 1.54) is 10.8 Å². The van der Waals surface area contributed by atoms with Crippen LogP contribution in [0.3, 0.4) is 0 Å². The van der Waals surface area contributed by atoms with Crippen molar-refractivity contribution >= 4 is 24.6 Å². The Hall–Kier alpha value is -1.00. The number of nitrogens with zero attached hydrogens (tertiary/aromatic N) is 2. The van der Waals surface area contributed by atoms with Crippen LogP contribution in [0.5, 0.6) is 0 Å². The van der Waals surface area contributed by atoms with Crippen molar-refractivity contribution in [3.63, 3.8) is 0 Å². The lowest BCUT2D eigenvalue weighted by Crippen LogP contribution is -2.37. The van der Waals surface area contributed by atoms with Crippen LogP contribution in [-0.2, 0) is 0 Å². The predicted octanol–water partition coefficient (Wildman–Crippen LogP) is 3.06. The number of aromatic nitrogens is 2. The monoisotopic (exact) mass is 248 g/mol.